The number of ketones is 1. The van der Waals surface area contributed by atoms with E-state index in [4.69, 9.17) is 9.47 Å². The summed E-state index contributed by atoms with van der Waals surface area (Å²) >= 11 is 0. The van der Waals surface area contributed by atoms with Crippen molar-refractivity contribution < 1.29 is 29.0 Å². The largest absolute Gasteiger partial charge is 0.463 e. The molecule has 0 saturated carbocycles. The molecular weight excluding hydrogens is 516 g/mol. The molecule has 6 heteroatoms. The molecule has 1 atom stereocenters. The fraction of sp³-hybridized carbons (Fsp3) is 0.800. The molecule has 0 saturated heterocycles. The van der Waals surface area contributed by atoms with E-state index in [-0.39, 0.29) is 30.9 Å². The number of unbranched alkanes of at least 4 members (excludes halogenated alkanes) is 17. The van der Waals surface area contributed by atoms with Crippen molar-refractivity contribution in [1.82, 2.24) is 0 Å². The maximum Gasteiger partial charge on any atom is 0.305 e. The maximum absolute atomic E-state index is 11.9. The van der Waals surface area contributed by atoms with Gasteiger partial charge in [-0.05, 0) is 38.2 Å². The SMILES string of the molecule is CCCCC/C=C\C=C\C(=O)CCCCCCCC(=O)OC[C@H](O)COC(=O)CCCCCCCCCCCCC. The minimum absolute atomic E-state index is 0.146. The molecule has 0 aromatic heterocycles. The number of carbonyl (C=O) groups is 3. The van der Waals surface area contributed by atoms with E-state index in [1.807, 2.05) is 12.2 Å². The molecule has 0 radical (unpaired) electrons. The number of aliphatic hydroxyl groups is 1. The Balaban J connectivity index is 3.55. The number of allylic oxidation sites excluding steroid dienone is 4. The van der Waals surface area contributed by atoms with Gasteiger partial charge in [0, 0.05) is 19.3 Å². The molecule has 0 aliphatic rings. The second-order valence-corrected chi connectivity index (χ2v) is 11.3. The van der Waals surface area contributed by atoms with Crippen LogP contribution in [0, 0.1) is 0 Å². The summed E-state index contributed by atoms with van der Waals surface area (Å²) in [4.78, 5) is 35.6. The molecule has 0 aliphatic carbocycles. The van der Waals surface area contributed by atoms with Gasteiger partial charge in [0.2, 0.25) is 0 Å². The van der Waals surface area contributed by atoms with Gasteiger partial charge in [0.15, 0.2) is 5.78 Å². The van der Waals surface area contributed by atoms with E-state index >= 15 is 0 Å². The lowest BCUT2D eigenvalue weighted by Crippen LogP contribution is -2.25. The maximum atomic E-state index is 11.9. The fourth-order valence-electron chi connectivity index (χ4n) is 4.54. The van der Waals surface area contributed by atoms with Crippen LogP contribution >= 0.6 is 0 Å². The first kappa shape index (κ1) is 39.0. The predicted molar refractivity (Wildman–Crippen MR) is 169 cm³/mol. The number of hydrogen-bond donors (Lipinski definition) is 1. The molecule has 0 unspecified atom stereocenters. The van der Waals surface area contributed by atoms with Crippen LogP contribution in [0.2, 0.25) is 0 Å². The molecule has 41 heavy (non-hydrogen) atoms. The van der Waals surface area contributed by atoms with Crippen LogP contribution in [0.3, 0.4) is 0 Å². The summed E-state index contributed by atoms with van der Waals surface area (Å²) in [7, 11) is 0. The molecule has 0 aromatic rings. The van der Waals surface area contributed by atoms with Gasteiger partial charge in [-0.15, -0.1) is 0 Å². The second kappa shape index (κ2) is 31.0. The van der Waals surface area contributed by atoms with Crippen LogP contribution in [0.1, 0.15) is 162 Å². The van der Waals surface area contributed by atoms with Crippen LogP contribution in [0.5, 0.6) is 0 Å². The summed E-state index contributed by atoms with van der Waals surface area (Å²) in [6.07, 6.45) is 30.4. The smallest absolute Gasteiger partial charge is 0.305 e. The number of hydrogen-bond acceptors (Lipinski definition) is 6. The van der Waals surface area contributed by atoms with Crippen LogP contribution in [-0.2, 0) is 23.9 Å². The van der Waals surface area contributed by atoms with Crippen LogP contribution in [-0.4, -0.2) is 42.1 Å². The highest BCUT2D eigenvalue weighted by molar-refractivity contribution is 5.89. The number of aliphatic hydroxyl groups excluding tert-OH is 1. The van der Waals surface area contributed by atoms with Crippen molar-refractivity contribution in [2.45, 2.75) is 168 Å². The Hall–Kier alpha value is -1.95. The van der Waals surface area contributed by atoms with E-state index in [9.17, 15) is 19.5 Å². The molecule has 0 amide bonds. The van der Waals surface area contributed by atoms with E-state index in [0.29, 0.717) is 19.3 Å². The molecule has 1 N–H and O–H groups in total. The van der Waals surface area contributed by atoms with E-state index in [1.165, 1.54) is 70.6 Å². The first-order valence-corrected chi connectivity index (χ1v) is 16.8. The van der Waals surface area contributed by atoms with Crippen LogP contribution in [0.25, 0.3) is 0 Å². The lowest BCUT2D eigenvalue weighted by atomic mass is 10.1. The monoisotopic (exact) mass is 578 g/mol. The summed E-state index contributed by atoms with van der Waals surface area (Å²) in [5.74, 6) is -0.497. The quantitative estimate of drug-likeness (QED) is 0.0396. The first-order valence-electron chi connectivity index (χ1n) is 16.8. The number of carbonyl (C=O) groups excluding carboxylic acids is 3. The third kappa shape index (κ3) is 30.8. The van der Waals surface area contributed by atoms with Gasteiger partial charge < -0.3 is 14.6 Å². The third-order valence-corrected chi connectivity index (χ3v) is 7.17. The highest BCUT2D eigenvalue weighted by Gasteiger charge is 2.12. The Morgan fingerprint density at radius 1 is 0.561 bits per heavy atom. The Kier molecular flexibility index (Phi) is 29.5. The molecule has 0 aromatic carbocycles. The van der Waals surface area contributed by atoms with Crippen molar-refractivity contribution in [2.75, 3.05) is 13.2 Å². The Bertz CT molecular complexity index is 684. The minimum atomic E-state index is -0.997. The summed E-state index contributed by atoms with van der Waals surface area (Å²) in [6, 6.07) is 0. The summed E-state index contributed by atoms with van der Waals surface area (Å²) in [5.41, 5.74) is 0. The highest BCUT2D eigenvalue weighted by Crippen LogP contribution is 2.12. The van der Waals surface area contributed by atoms with Gasteiger partial charge in [-0.2, -0.15) is 0 Å². The number of ether oxygens (including phenoxy) is 2. The lowest BCUT2D eigenvalue weighted by molar-refractivity contribution is -0.152. The molecule has 0 heterocycles. The van der Waals surface area contributed by atoms with Crippen LogP contribution < -0.4 is 0 Å². The van der Waals surface area contributed by atoms with Gasteiger partial charge in [0.1, 0.15) is 19.3 Å². The van der Waals surface area contributed by atoms with Crippen molar-refractivity contribution in [2.24, 2.45) is 0 Å². The van der Waals surface area contributed by atoms with Gasteiger partial charge in [0.25, 0.3) is 0 Å². The normalized spacial score (nSPS) is 12.3. The Labute approximate surface area is 251 Å². The van der Waals surface area contributed by atoms with Crippen LogP contribution in [0.4, 0.5) is 0 Å². The van der Waals surface area contributed by atoms with Crippen molar-refractivity contribution in [3.63, 3.8) is 0 Å². The highest BCUT2D eigenvalue weighted by atomic mass is 16.6. The van der Waals surface area contributed by atoms with E-state index < -0.39 is 6.10 Å². The minimum Gasteiger partial charge on any atom is -0.463 e. The molecule has 6 nitrogen and oxygen atoms in total. The van der Waals surface area contributed by atoms with Gasteiger partial charge >= 0.3 is 11.9 Å². The number of esters is 2. The Morgan fingerprint density at radius 3 is 1.46 bits per heavy atom. The van der Waals surface area contributed by atoms with Crippen LogP contribution in [0.15, 0.2) is 24.3 Å². The summed E-state index contributed by atoms with van der Waals surface area (Å²) in [6.45, 7) is 4.12. The second-order valence-electron chi connectivity index (χ2n) is 11.3. The zero-order chi connectivity index (χ0) is 30.2. The van der Waals surface area contributed by atoms with Gasteiger partial charge in [-0.3, -0.25) is 14.4 Å². The van der Waals surface area contributed by atoms with Crippen molar-refractivity contribution in [3.8, 4) is 0 Å². The average Bonchev–Trinajstić information content (AvgIpc) is 2.96. The molecular formula is C35H62O6. The molecule has 0 bridgehead atoms. The zero-order valence-corrected chi connectivity index (χ0v) is 26.6. The predicted octanol–water partition coefficient (Wildman–Crippen LogP) is 9.13. The molecule has 0 spiro atoms. The van der Waals surface area contributed by atoms with Crippen molar-refractivity contribution in [3.05, 3.63) is 24.3 Å². The van der Waals surface area contributed by atoms with E-state index in [2.05, 4.69) is 19.9 Å². The Morgan fingerprint density at radius 2 is 0.976 bits per heavy atom. The zero-order valence-electron chi connectivity index (χ0n) is 26.6. The van der Waals surface area contributed by atoms with E-state index in [0.717, 1.165) is 57.8 Å². The lowest BCUT2D eigenvalue weighted by Gasteiger charge is -2.12. The topological polar surface area (TPSA) is 89.9 Å². The molecule has 238 valence electrons. The number of rotatable bonds is 30. The third-order valence-electron chi connectivity index (χ3n) is 7.17. The fourth-order valence-corrected chi connectivity index (χ4v) is 4.54. The van der Waals surface area contributed by atoms with Gasteiger partial charge in [-0.25, -0.2) is 0 Å². The van der Waals surface area contributed by atoms with Gasteiger partial charge in [-0.1, -0.05) is 128 Å². The standard InChI is InChI=1S/C35H62O6/c1-3-5-7-9-11-12-13-14-16-20-24-28-34(38)40-30-33(37)31-41-35(39)29-25-21-17-19-23-27-32(36)26-22-18-15-10-8-6-4-2/h15,18,22,26,33,37H,3-14,16-17,19-21,23-25,27-31H2,1-2H3/b18-15-,26-22+/t33-/m1/s1. The summed E-state index contributed by atoms with van der Waals surface area (Å²) < 4.78 is 10.2. The molecule has 0 rings (SSSR count). The van der Waals surface area contributed by atoms with Gasteiger partial charge in [0.05, 0.1) is 0 Å². The van der Waals surface area contributed by atoms with E-state index in [1.54, 1.807) is 6.08 Å². The van der Waals surface area contributed by atoms with Crippen molar-refractivity contribution in [1.29, 1.82) is 0 Å². The molecule has 0 fully saturated rings. The average molecular weight is 579 g/mol. The summed E-state index contributed by atoms with van der Waals surface area (Å²) in [5, 5.41) is 9.94. The van der Waals surface area contributed by atoms with Crippen molar-refractivity contribution >= 4 is 17.7 Å². The molecule has 0 aliphatic heterocycles. The first-order chi connectivity index (χ1) is 20.0.